The lowest BCUT2D eigenvalue weighted by molar-refractivity contribution is 0.440. The van der Waals surface area contributed by atoms with Crippen molar-refractivity contribution >= 4 is 0 Å². The molecule has 0 aliphatic rings. The summed E-state index contributed by atoms with van der Waals surface area (Å²) in [4.78, 5) is 0. The Labute approximate surface area is 129 Å². The maximum absolute atomic E-state index is 5.98. The summed E-state index contributed by atoms with van der Waals surface area (Å²) in [6.07, 6.45) is 21.2. The summed E-state index contributed by atoms with van der Waals surface area (Å²) in [5.41, 5.74) is 6.02. The van der Waals surface area contributed by atoms with Gasteiger partial charge in [0.2, 0.25) is 0 Å². The summed E-state index contributed by atoms with van der Waals surface area (Å²) in [6.45, 7) is 6.56. The van der Waals surface area contributed by atoms with Crippen molar-refractivity contribution in [2.24, 2.45) is 5.73 Å². The highest BCUT2D eigenvalue weighted by atomic mass is 14.7. The topological polar surface area (TPSA) is 26.0 Å². The molecule has 0 aliphatic heterocycles. The van der Waals surface area contributed by atoms with Gasteiger partial charge in [-0.2, -0.15) is 0 Å². The van der Waals surface area contributed by atoms with Crippen LogP contribution in [0, 0.1) is 0 Å². The zero-order valence-corrected chi connectivity index (χ0v) is 14.7. The summed E-state index contributed by atoms with van der Waals surface area (Å²) in [5.74, 6) is 0. The monoisotopic (exact) mass is 283 g/mol. The first-order chi connectivity index (χ1) is 9.56. The van der Waals surface area contributed by atoms with Crippen molar-refractivity contribution in [2.45, 2.75) is 123 Å². The second kappa shape index (κ2) is 13.9. The normalized spacial score (nSPS) is 12.0. The first-order valence-electron chi connectivity index (χ1n) is 9.35. The molecule has 0 amide bonds. The second-order valence-corrected chi connectivity index (χ2v) is 7.33. The van der Waals surface area contributed by atoms with Crippen LogP contribution >= 0.6 is 0 Å². The Kier molecular flexibility index (Phi) is 13.9. The Hall–Kier alpha value is -0.0400. The molecule has 1 nitrogen and oxygen atoms in total. The molecule has 0 aromatic carbocycles. The van der Waals surface area contributed by atoms with Gasteiger partial charge in [0.05, 0.1) is 0 Å². The van der Waals surface area contributed by atoms with Crippen LogP contribution in [0.15, 0.2) is 0 Å². The van der Waals surface area contributed by atoms with Gasteiger partial charge in [0, 0.05) is 5.54 Å². The lowest BCUT2D eigenvalue weighted by Gasteiger charge is -2.17. The minimum Gasteiger partial charge on any atom is -0.326 e. The van der Waals surface area contributed by atoms with E-state index in [1.54, 1.807) is 0 Å². The molecule has 0 saturated heterocycles. The van der Waals surface area contributed by atoms with E-state index in [4.69, 9.17) is 5.73 Å². The molecule has 0 spiro atoms. The zero-order valence-electron chi connectivity index (χ0n) is 14.7. The molecule has 0 aromatic heterocycles. The highest BCUT2D eigenvalue weighted by Gasteiger charge is 2.08. The average molecular weight is 284 g/mol. The van der Waals surface area contributed by atoms with Gasteiger partial charge in [-0.25, -0.2) is 0 Å². The highest BCUT2D eigenvalue weighted by Crippen LogP contribution is 2.15. The van der Waals surface area contributed by atoms with Gasteiger partial charge in [0.15, 0.2) is 0 Å². The summed E-state index contributed by atoms with van der Waals surface area (Å²) >= 11 is 0. The molecule has 0 heterocycles. The van der Waals surface area contributed by atoms with Gasteiger partial charge in [0.1, 0.15) is 0 Å². The number of nitrogens with two attached hydrogens (primary N) is 1. The van der Waals surface area contributed by atoms with E-state index in [1.807, 2.05) is 0 Å². The molecule has 0 rings (SSSR count). The van der Waals surface area contributed by atoms with Gasteiger partial charge in [-0.15, -0.1) is 0 Å². The van der Waals surface area contributed by atoms with Crippen LogP contribution in [0.2, 0.25) is 0 Å². The summed E-state index contributed by atoms with van der Waals surface area (Å²) < 4.78 is 0. The summed E-state index contributed by atoms with van der Waals surface area (Å²) in [5, 5.41) is 0. The molecule has 20 heavy (non-hydrogen) atoms. The fourth-order valence-corrected chi connectivity index (χ4v) is 2.78. The number of hydrogen-bond donors (Lipinski definition) is 1. The van der Waals surface area contributed by atoms with E-state index in [1.165, 1.54) is 96.3 Å². The van der Waals surface area contributed by atoms with Crippen LogP contribution in [0.25, 0.3) is 0 Å². The van der Waals surface area contributed by atoms with Crippen molar-refractivity contribution in [3.63, 3.8) is 0 Å². The van der Waals surface area contributed by atoms with Crippen molar-refractivity contribution in [1.29, 1.82) is 0 Å². The van der Waals surface area contributed by atoms with Crippen molar-refractivity contribution in [3.05, 3.63) is 0 Å². The minimum atomic E-state index is 0.0388. The molecule has 0 atom stereocenters. The van der Waals surface area contributed by atoms with E-state index in [9.17, 15) is 0 Å². The zero-order chi connectivity index (χ0) is 15.1. The van der Waals surface area contributed by atoms with Crippen LogP contribution in [0.5, 0.6) is 0 Å². The van der Waals surface area contributed by atoms with Crippen LogP contribution in [0.3, 0.4) is 0 Å². The number of rotatable bonds is 15. The molecule has 0 aliphatic carbocycles. The first kappa shape index (κ1) is 20.0. The lowest BCUT2D eigenvalue weighted by Crippen LogP contribution is -2.31. The molecule has 0 saturated carbocycles. The standard InChI is InChI=1S/C19H41N/c1-4-5-6-7-8-9-10-11-12-13-14-15-16-17-18-19(2,3)20/h4-18,20H2,1-3H3. The third-order valence-electron chi connectivity index (χ3n) is 4.17. The van der Waals surface area contributed by atoms with Crippen LogP contribution in [0.4, 0.5) is 0 Å². The number of hydrogen-bond acceptors (Lipinski definition) is 1. The van der Waals surface area contributed by atoms with Crippen LogP contribution in [-0.4, -0.2) is 5.54 Å². The van der Waals surface area contributed by atoms with E-state index < -0.39 is 0 Å². The van der Waals surface area contributed by atoms with Gasteiger partial charge in [-0.05, 0) is 20.3 Å². The van der Waals surface area contributed by atoms with E-state index in [0.717, 1.165) is 0 Å². The van der Waals surface area contributed by atoms with Crippen LogP contribution in [-0.2, 0) is 0 Å². The summed E-state index contributed by atoms with van der Waals surface area (Å²) in [7, 11) is 0. The van der Waals surface area contributed by atoms with Crippen molar-refractivity contribution in [2.75, 3.05) is 0 Å². The molecule has 1 heteroatoms. The van der Waals surface area contributed by atoms with Gasteiger partial charge >= 0.3 is 0 Å². The number of unbranched alkanes of at least 4 members (excludes halogenated alkanes) is 13. The Morgan fingerprint density at radius 3 is 1.15 bits per heavy atom. The SMILES string of the molecule is CCCCCCCCCCCCCCCCC(C)(C)N. The van der Waals surface area contributed by atoms with E-state index in [2.05, 4.69) is 20.8 Å². The van der Waals surface area contributed by atoms with Gasteiger partial charge in [-0.3, -0.25) is 0 Å². The molecule has 2 N–H and O–H groups in total. The fourth-order valence-electron chi connectivity index (χ4n) is 2.78. The predicted octanol–water partition coefficient (Wildman–Crippen LogP) is 6.60. The highest BCUT2D eigenvalue weighted by molar-refractivity contribution is 4.70. The van der Waals surface area contributed by atoms with Gasteiger partial charge in [-0.1, -0.05) is 96.8 Å². The van der Waals surface area contributed by atoms with Gasteiger partial charge in [0.25, 0.3) is 0 Å². The minimum absolute atomic E-state index is 0.0388. The molecular weight excluding hydrogens is 242 g/mol. The second-order valence-electron chi connectivity index (χ2n) is 7.33. The summed E-state index contributed by atoms with van der Waals surface area (Å²) in [6, 6.07) is 0. The predicted molar refractivity (Wildman–Crippen MR) is 93.2 cm³/mol. The van der Waals surface area contributed by atoms with E-state index >= 15 is 0 Å². The van der Waals surface area contributed by atoms with Crippen LogP contribution in [0.1, 0.15) is 117 Å². The van der Waals surface area contributed by atoms with Crippen molar-refractivity contribution in [1.82, 2.24) is 0 Å². The average Bonchev–Trinajstić information content (AvgIpc) is 2.38. The smallest absolute Gasteiger partial charge is 0.00970 e. The fraction of sp³-hybridized carbons (Fsp3) is 1.00. The van der Waals surface area contributed by atoms with Gasteiger partial charge < -0.3 is 5.73 Å². The molecule has 0 bridgehead atoms. The van der Waals surface area contributed by atoms with Crippen LogP contribution < -0.4 is 5.73 Å². The molecule has 0 fully saturated rings. The Bertz CT molecular complexity index is 181. The Morgan fingerprint density at radius 2 is 0.850 bits per heavy atom. The maximum Gasteiger partial charge on any atom is 0.00970 e. The molecule has 0 unspecified atom stereocenters. The van der Waals surface area contributed by atoms with Crippen molar-refractivity contribution in [3.8, 4) is 0 Å². The molecule has 0 aromatic rings. The van der Waals surface area contributed by atoms with Crippen molar-refractivity contribution < 1.29 is 0 Å². The molecule has 0 radical (unpaired) electrons. The third-order valence-corrected chi connectivity index (χ3v) is 4.17. The Balaban J connectivity index is 2.99. The Morgan fingerprint density at radius 1 is 0.550 bits per heavy atom. The van der Waals surface area contributed by atoms with E-state index in [0.29, 0.717) is 0 Å². The quantitative estimate of drug-likeness (QED) is 0.337. The lowest BCUT2D eigenvalue weighted by atomic mass is 9.97. The van der Waals surface area contributed by atoms with E-state index in [-0.39, 0.29) is 5.54 Å². The molecule has 122 valence electrons. The first-order valence-corrected chi connectivity index (χ1v) is 9.35. The largest absolute Gasteiger partial charge is 0.326 e. The molecular formula is C19H41N. The maximum atomic E-state index is 5.98. The third kappa shape index (κ3) is 18.0.